The van der Waals surface area contributed by atoms with Crippen LogP contribution in [0.2, 0.25) is 0 Å². The number of aryl methyl sites for hydroxylation is 3. The van der Waals surface area contributed by atoms with Gasteiger partial charge in [0.15, 0.2) is 0 Å². The van der Waals surface area contributed by atoms with Crippen LogP contribution in [0.3, 0.4) is 0 Å². The summed E-state index contributed by atoms with van der Waals surface area (Å²) in [5, 5.41) is 3.89. The van der Waals surface area contributed by atoms with Gasteiger partial charge in [-0.1, -0.05) is 17.3 Å². The van der Waals surface area contributed by atoms with E-state index in [1.54, 1.807) is 0 Å². The normalized spacial score (nSPS) is 10.4. The van der Waals surface area contributed by atoms with Crippen LogP contribution in [0.5, 0.6) is 5.75 Å². The second kappa shape index (κ2) is 4.39. The quantitative estimate of drug-likeness (QED) is 0.792. The van der Waals surface area contributed by atoms with Gasteiger partial charge in [-0.2, -0.15) is 0 Å². The lowest BCUT2D eigenvalue weighted by molar-refractivity contribution is 0.301. The molecule has 1 aromatic carbocycles. The van der Waals surface area contributed by atoms with E-state index < -0.39 is 0 Å². The molecule has 0 atom stereocenters. The summed E-state index contributed by atoms with van der Waals surface area (Å²) in [7, 11) is 0. The number of aromatic nitrogens is 1. The predicted octanol–water partition coefficient (Wildman–Crippen LogP) is 3.18. The number of hydrogen-bond donors (Lipinski definition) is 0. The molecular weight excluding hydrogens is 202 g/mol. The van der Waals surface area contributed by atoms with Crippen molar-refractivity contribution in [2.24, 2.45) is 0 Å². The van der Waals surface area contributed by atoms with E-state index >= 15 is 0 Å². The number of benzene rings is 1. The molecule has 0 amide bonds. The van der Waals surface area contributed by atoms with Gasteiger partial charge in [0.25, 0.3) is 0 Å². The summed E-state index contributed by atoms with van der Waals surface area (Å²) in [4.78, 5) is 0. The van der Waals surface area contributed by atoms with Gasteiger partial charge in [0, 0.05) is 0 Å². The average Bonchev–Trinajstić information content (AvgIpc) is 2.56. The highest BCUT2D eigenvalue weighted by Crippen LogP contribution is 2.17. The molecule has 0 saturated carbocycles. The van der Waals surface area contributed by atoms with Gasteiger partial charge < -0.3 is 9.26 Å². The number of rotatable bonds is 3. The van der Waals surface area contributed by atoms with Crippen LogP contribution < -0.4 is 4.74 Å². The number of hydrogen-bond acceptors (Lipinski definition) is 3. The molecule has 2 rings (SSSR count). The molecule has 0 aliphatic heterocycles. The van der Waals surface area contributed by atoms with Gasteiger partial charge in [-0.25, -0.2) is 0 Å². The van der Waals surface area contributed by atoms with Gasteiger partial charge in [-0.3, -0.25) is 0 Å². The molecule has 3 nitrogen and oxygen atoms in total. The summed E-state index contributed by atoms with van der Waals surface area (Å²) in [5.74, 6) is 1.70. The van der Waals surface area contributed by atoms with Crippen molar-refractivity contribution in [3.05, 3.63) is 46.8 Å². The third kappa shape index (κ3) is 2.24. The summed E-state index contributed by atoms with van der Waals surface area (Å²) >= 11 is 0. The first kappa shape index (κ1) is 10.7. The van der Waals surface area contributed by atoms with Gasteiger partial charge >= 0.3 is 0 Å². The third-order valence-electron chi connectivity index (χ3n) is 2.55. The van der Waals surface area contributed by atoms with Crippen LogP contribution >= 0.6 is 0 Å². The molecule has 0 unspecified atom stereocenters. The molecule has 0 spiro atoms. The first-order valence-corrected chi connectivity index (χ1v) is 5.28. The van der Waals surface area contributed by atoms with Crippen LogP contribution in [0.1, 0.15) is 22.6 Å². The van der Waals surface area contributed by atoms with Crippen molar-refractivity contribution >= 4 is 0 Å². The third-order valence-corrected chi connectivity index (χ3v) is 2.55. The highest BCUT2D eigenvalue weighted by Gasteiger charge is 2.09. The lowest BCUT2D eigenvalue weighted by Crippen LogP contribution is -1.97. The topological polar surface area (TPSA) is 35.3 Å². The molecule has 0 aliphatic carbocycles. The molecule has 3 heteroatoms. The van der Waals surface area contributed by atoms with Crippen LogP contribution in [0.4, 0.5) is 0 Å². The minimum Gasteiger partial charge on any atom is -0.489 e. The van der Waals surface area contributed by atoms with Gasteiger partial charge in [0.2, 0.25) is 0 Å². The maximum atomic E-state index is 5.69. The van der Waals surface area contributed by atoms with E-state index in [1.807, 2.05) is 45.0 Å². The average molecular weight is 217 g/mol. The van der Waals surface area contributed by atoms with Crippen molar-refractivity contribution in [2.45, 2.75) is 27.4 Å². The van der Waals surface area contributed by atoms with E-state index in [1.165, 1.54) is 5.56 Å². The Morgan fingerprint density at radius 3 is 2.69 bits per heavy atom. The molecule has 1 heterocycles. The van der Waals surface area contributed by atoms with Gasteiger partial charge in [-0.15, -0.1) is 0 Å². The van der Waals surface area contributed by atoms with Crippen molar-refractivity contribution in [1.82, 2.24) is 5.16 Å². The first-order chi connectivity index (χ1) is 7.66. The van der Waals surface area contributed by atoms with Crippen molar-refractivity contribution in [2.75, 3.05) is 0 Å². The summed E-state index contributed by atoms with van der Waals surface area (Å²) in [5.41, 5.74) is 3.11. The monoisotopic (exact) mass is 217 g/mol. The van der Waals surface area contributed by atoms with Crippen molar-refractivity contribution in [1.29, 1.82) is 0 Å². The molecular formula is C13H15NO2. The molecule has 0 saturated heterocycles. The zero-order valence-electron chi connectivity index (χ0n) is 9.78. The molecule has 16 heavy (non-hydrogen) atoms. The maximum Gasteiger partial charge on any atom is 0.140 e. The Balaban J connectivity index is 2.08. The lowest BCUT2D eigenvalue weighted by Gasteiger charge is -2.06. The summed E-state index contributed by atoms with van der Waals surface area (Å²) in [6.45, 7) is 6.37. The van der Waals surface area contributed by atoms with Crippen LogP contribution in [-0.2, 0) is 6.61 Å². The summed E-state index contributed by atoms with van der Waals surface area (Å²) in [6.07, 6.45) is 0. The smallest absolute Gasteiger partial charge is 0.140 e. The van der Waals surface area contributed by atoms with Crippen LogP contribution in [0.15, 0.2) is 28.8 Å². The Morgan fingerprint density at radius 1 is 1.25 bits per heavy atom. The SMILES string of the molecule is Cc1cccc(OCc2c(C)noc2C)c1. The molecule has 0 radical (unpaired) electrons. The van der Waals surface area contributed by atoms with E-state index in [-0.39, 0.29) is 0 Å². The lowest BCUT2D eigenvalue weighted by atomic mass is 10.2. The molecule has 1 aromatic heterocycles. The molecule has 84 valence electrons. The fraction of sp³-hybridized carbons (Fsp3) is 0.308. The fourth-order valence-corrected chi connectivity index (χ4v) is 1.57. The Morgan fingerprint density at radius 2 is 2.06 bits per heavy atom. The molecule has 0 aliphatic rings. The number of ether oxygens (including phenoxy) is 1. The number of nitrogens with zero attached hydrogens (tertiary/aromatic N) is 1. The molecule has 2 aromatic rings. The van der Waals surface area contributed by atoms with E-state index in [9.17, 15) is 0 Å². The Bertz CT molecular complexity index is 469. The second-order valence-electron chi connectivity index (χ2n) is 3.91. The standard InChI is InChI=1S/C13H15NO2/c1-9-5-4-6-12(7-9)15-8-13-10(2)14-16-11(13)3/h4-7H,8H2,1-3H3. The Hall–Kier alpha value is -1.77. The van der Waals surface area contributed by atoms with Crippen LogP contribution in [0.25, 0.3) is 0 Å². The molecule has 0 bridgehead atoms. The van der Waals surface area contributed by atoms with E-state index in [0.29, 0.717) is 6.61 Å². The van der Waals surface area contributed by atoms with E-state index in [4.69, 9.17) is 9.26 Å². The largest absolute Gasteiger partial charge is 0.489 e. The van der Waals surface area contributed by atoms with E-state index in [2.05, 4.69) is 5.16 Å². The minimum atomic E-state index is 0.505. The van der Waals surface area contributed by atoms with Gasteiger partial charge in [-0.05, 0) is 38.5 Å². The summed E-state index contributed by atoms with van der Waals surface area (Å²) in [6, 6.07) is 7.99. The first-order valence-electron chi connectivity index (χ1n) is 5.28. The molecule has 0 fully saturated rings. The van der Waals surface area contributed by atoms with E-state index in [0.717, 1.165) is 22.8 Å². The highest BCUT2D eigenvalue weighted by atomic mass is 16.5. The van der Waals surface area contributed by atoms with Crippen molar-refractivity contribution in [3.63, 3.8) is 0 Å². The Kier molecular flexibility index (Phi) is 2.95. The van der Waals surface area contributed by atoms with Crippen LogP contribution in [-0.4, -0.2) is 5.16 Å². The minimum absolute atomic E-state index is 0.505. The maximum absolute atomic E-state index is 5.69. The van der Waals surface area contributed by atoms with Gasteiger partial charge in [0.05, 0.1) is 11.3 Å². The second-order valence-corrected chi connectivity index (χ2v) is 3.91. The fourth-order valence-electron chi connectivity index (χ4n) is 1.57. The highest BCUT2D eigenvalue weighted by molar-refractivity contribution is 5.28. The zero-order chi connectivity index (χ0) is 11.5. The summed E-state index contributed by atoms with van der Waals surface area (Å²) < 4.78 is 10.8. The molecule has 0 N–H and O–H groups in total. The zero-order valence-corrected chi connectivity index (χ0v) is 9.78. The predicted molar refractivity (Wildman–Crippen MR) is 61.5 cm³/mol. The van der Waals surface area contributed by atoms with Crippen molar-refractivity contribution in [3.8, 4) is 5.75 Å². The van der Waals surface area contributed by atoms with Crippen LogP contribution in [0, 0.1) is 20.8 Å². The van der Waals surface area contributed by atoms with Crippen molar-refractivity contribution < 1.29 is 9.26 Å². The Labute approximate surface area is 95.0 Å². The van der Waals surface area contributed by atoms with Gasteiger partial charge in [0.1, 0.15) is 18.1 Å².